The lowest BCUT2D eigenvalue weighted by atomic mass is 9.81. The SMILES string of the molecule is CCNC(=O)N1C[C@H]2CN(c3ccc(C)nn3)C[C@@]2(C(=O)O)C1. The Balaban J connectivity index is 1.80. The number of urea groups is 1. The molecule has 0 spiro atoms. The van der Waals surface area contributed by atoms with Gasteiger partial charge >= 0.3 is 12.0 Å². The molecule has 2 aliphatic rings. The topological polar surface area (TPSA) is 98.7 Å². The molecule has 124 valence electrons. The Morgan fingerprint density at radius 2 is 2.13 bits per heavy atom. The van der Waals surface area contributed by atoms with Crippen molar-refractivity contribution in [3.63, 3.8) is 0 Å². The Labute approximate surface area is 134 Å². The zero-order valence-corrected chi connectivity index (χ0v) is 13.3. The molecule has 0 unspecified atom stereocenters. The molecule has 2 fully saturated rings. The molecule has 0 aromatic carbocycles. The lowest BCUT2D eigenvalue weighted by molar-refractivity contribution is -0.148. The van der Waals surface area contributed by atoms with Crippen LogP contribution in [0.15, 0.2) is 12.1 Å². The van der Waals surface area contributed by atoms with Crippen molar-refractivity contribution in [2.45, 2.75) is 13.8 Å². The lowest BCUT2D eigenvalue weighted by Gasteiger charge is -2.25. The van der Waals surface area contributed by atoms with E-state index in [2.05, 4.69) is 15.5 Å². The van der Waals surface area contributed by atoms with Crippen molar-refractivity contribution in [1.82, 2.24) is 20.4 Å². The van der Waals surface area contributed by atoms with Gasteiger partial charge in [-0.15, -0.1) is 5.10 Å². The van der Waals surface area contributed by atoms with Crippen molar-refractivity contribution in [2.75, 3.05) is 37.6 Å². The summed E-state index contributed by atoms with van der Waals surface area (Å²) in [5.74, 6) is -0.266. The van der Waals surface area contributed by atoms with Crippen LogP contribution in [0.25, 0.3) is 0 Å². The van der Waals surface area contributed by atoms with Crippen LogP contribution in [0.3, 0.4) is 0 Å². The molecule has 2 atom stereocenters. The molecule has 3 rings (SSSR count). The van der Waals surface area contributed by atoms with E-state index in [9.17, 15) is 14.7 Å². The minimum absolute atomic E-state index is 0.106. The highest BCUT2D eigenvalue weighted by atomic mass is 16.4. The van der Waals surface area contributed by atoms with Gasteiger partial charge in [0.25, 0.3) is 0 Å². The van der Waals surface area contributed by atoms with Crippen LogP contribution in [-0.2, 0) is 4.79 Å². The summed E-state index contributed by atoms with van der Waals surface area (Å²) < 4.78 is 0. The summed E-state index contributed by atoms with van der Waals surface area (Å²) in [4.78, 5) is 27.5. The van der Waals surface area contributed by atoms with Crippen LogP contribution < -0.4 is 10.2 Å². The fourth-order valence-electron chi connectivity index (χ4n) is 3.52. The molecule has 2 N–H and O–H groups in total. The number of amides is 2. The first-order valence-electron chi connectivity index (χ1n) is 7.77. The predicted octanol–water partition coefficient (Wildman–Crippen LogP) is 0.337. The van der Waals surface area contributed by atoms with Gasteiger partial charge in [0.2, 0.25) is 0 Å². The molecule has 1 aromatic heterocycles. The number of carbonyl (C=O) groups excluding carboxylic acids is 1. The number of rotatable bonds is 3. The largest absolute Gasteiger partial charge is 0.481 e. The van der Waals surface area contributed by atoms with Crippen molar-refractivity contribution in [1.29, 1.82) is 0 Å². The predicted molar refractivity (Wildman–Crippen MR) is 83.2 cm³/mol. The number of anilines is 1. The summed E-state index contributed by atoms with van der Waals surface area (Å²) in [5.41, 5.74) is -0.110. The average Bonchev–Trinajstić information content (AvgIpc) is 3.03. The van der Waals surface area contributed by atoms with Gasteiger partial charge < -0.3 is 20.2 Å². The number of carboxylic acid groups (broad SMARTS) is 1. The van der Waals surface area contributed by atoms with Gasteiger partial charge in [0.1, 0.15) is 5.41 Å². The highest BCUT2D eigenvalue weighted by molar-refractivity contribution is 5.81. The van der Waals surface area contributed by atoms with E-state index >= 15 is 0 Å². The smallest absolute Gasteiger partial charge is 0.317 e. The van der Waals surface area contributed by atoms with Gasteiger partial charge in [-0.1, -0.05) is 0 Å². The number of aryl methyl sites for hydroxylation is 1. The third-order valence-corrected chi connectivity index (χ3v) is 4.76. The first kappa shape index (κ1) is 15.5. The minimum Gasteiger partial charge on any atom is -0.481 e. The molecule has 3 heterocycles. The number of nitrogens with zero attached hydrogens (tertiary/aromatic N) is 4. The first-order chi connectivity index (χ1) is 11.0. The van der Waals surface area contributed by atoms with Crippen LogP contribution in [-0.4, -0.2) is 64.9 Å². The van der Waals surface area contributed by atoms with Gasteiger partial charge in [0.15, 0.2) is 5.82 Å². The normalized spacial score (nSPS) is 26.3. The fourth-order valence-corrected chi connectivity index (χ4v) is 3.52. The molecular weight excluding hydrogens is 298 g/mol. The number of carbonyl (C=O) groups is 2. The van der Waals surface area contributed by atoms with Gasteiger partial charge in [-0.3, -0.25) is 4.79 Å². The second-order valence-electron chi connectivity index (χ2n) is 6.29. The Hall–Kier alpha value is -2.38. The van der Waals surface area contributed by atoms with Crippen molar-refractivity contribution in [3.8, 4) is 0 Å². The quantitative estimate of drug-likeness (QED) is 0.833. The van der Waals surface area contributed by atoms with Gasteiger partial charge in [0, 0.05) is 38.6 Å². The van der Waals surface area contributed by atoms with Crippen molar-refractivity contribution < 1.29 is 14.7 Å². The number of fused-ring (bicyclic) bond motifs is 1. The molecule has 2 amide bonds. The lowest BCUT2D eigenvalue weighted by Crippen LogP contribution is -2.44. The maximum Gasteiger partial charge on any atom is 0.317 e. The molecule has 0 radical (unpaired) electrons. The number of carboxylic acids is 1. The van der Waals surface area contributed by atoms with Crippen LogP contribution in [0, 0.1) is 18.3 Å². The van der Waals surface area contributed by atoms with Crippen molar-refractivity contribution in [2.24, 2.45) is 11.3 Å². The van der Waals surface area contributed by atoms with Gasteiger partial charge in [-0.05, 0) is 26.0 Å². The molecule has 8 heteroatoms. The minimum atomic E-state index is -0.933. The monoisotopic (exact) mass is 319 g/mol. The molecule has 23 heavy (non-hydrogen) atoms. The van der Waals surface area contributed by atoms with Gasteiger partial charge in [-0.25, -0.2) is 4.79 Å². The van der Waals surface area contributed by atoms with Crippen LogP contribution in [0.5, 0.6) is 0 Å². The summed E-state index contributed by atoms with van der Waals surface area (Å²) in [6.07, 6.45) is 0. The van der Waals surface area contributed by atoms with Crippen molar-refractivity contribution in [3.05, 3.63) is 17.8 Å². The number of aliphatic carboxylic acids is 1. The highest BCUT2D eigenvalue weighted by Gasteiger charge is 2.58. The maximum atomic E-state index is 12.0. The molecule has 0 saturated carbocycles. The highest BCUT2D eigenvalue weighted by Crippen LogP contribution is 2.43. The molecule has 0 bridgehead atoms. The summed E-state index contributed by atoms with van der Waals surface area (Å²) in [5, 5.41) is 20.7. The molecule has 0 aliphatic carbocycles. The second-order valence-corrected chi connectivity index (χ2v) is 6.29. The Kier molecular flexibility index (Phi) is 3.83. The van der Waals surface area contributed by atoms with Crippen LogP contribution >= 0.6 is 0 Å². The van der Waals surface area contributed by atoms with E-state index in [0.29, 0.717) is 32.0 Å². The molecule has 2 saturated heterocycles. The van der Waals surface area contributed by atoms with E-state index < -0.39 is 11.4 Å². The van der Waals surface area contributed by atoms with Gasteiger partial charge in [0.05, 0.1) is 5.69 Å². The standard InChI is InChI=1S/C15H21N5O3/c1-3-16-14(23)20-7-11-6-19(8-15(11,9-20)13(21)22)12-5-4-10(2)17-18-12/h4-5,11H,3,6-9H2,1-2H3,(H,16,23)(H,21,22)/t11-,15-/m1/s1. The molecular formula is C15H21N5O3. The fraction of sp³-hybridized carbons (Fsp3) is 0.600. The van der Waals surface area contributed by atoms with Crippen LogP contribution in [0.2, 0.25) is 0 Å². The summed E-state index contributed by atoms with van der Waals surface area (Å²) >= 11 is 0. The van der Waals surface area contributed by atoms with Crippen LogP contribution in [0.1, 0.15) is 12.6 Å². The van der Waals surface area contributed by atoms with Crippen LogP contribution in [0.4, 0.5) is 10.6 Å². The first-order valence-corrected chi connectivity index (χ1v) is 7.77. The zero-order chi connectivity index (χ0) is 16.6. The summed E-state index contributed by atoms with van der Waals surface area (Å²) in [6, 6.07) is 3.54. The average molecular weight is 319 g/mol. The number of hydrogen-bond donors (Lipinski definition) is 2. The second kappa shape index (κ2) is 5.68. The number of aromatic nitrogens is 2. The number of likely N-dealkylation sites (tertiary alicyclic amines) is 1. The summed E-state index contributed by atoms with van der Waals surface area (Å²) in [7, 11) is 0. The number of nitrogens with one attached hydrogen (secondary N) is 1. The summed E-state index contributed by atoms with van der Waals surface area (Å²) in [6.45, 7) is 5.84. The van der Waals surface area contributed by atoms with E-state index in [4.69, 9.17) is 0 Å². The van der Waals surface area contributed by atoms with E-state index in [-0.39, 0.29) is 18.5 Å². The third-order valence-electron chi connectivity index (χ3n) is 4.76. The van der Waals surface area contributed by atoms with E-state index in [0.717, 1.165) is 5.69 Å². The van der Waals surface area contributed by atoms with Gasteiger partial charge in [-0.2, -0.15) is 5.10 Å². The Bertz CT molecular complexity index is 620. The van der Waals surface area contributed by atoms with Crippen molar-refractivity contribution >= 4 is 17.8 Å². The zero-order valence-electron chi connectivity index (χ0n) is 13.3. The maximum absolute atomic E-state index is 12.0. The van der Waals surface area contributed by atoms with E-state index in [1.165, 1.54) is 0 Å². The number of hydrogen-bond acceptors (Lipinski definition) is 5. The Morgan fingerprint density at radius 3 is 2.70 bits per heavy atom. The Morgan fingerprint density at radius 1 is 1.35 bits per heavy atom. The molecule has 1 aromatic rings. The van der Waals surface area contributed by atoms with E-state index in [1.807, 2.05) is 30.9 Å². The van der Waals surface area contributed by atoms with E-state index in [1.54, 1.807) is 4.90 Å². The molecule has 2 aliphatic heterocycles. The third kappa shape index (κ3) is 2.58. The molecule has 8 nitrogen and oxygen atoms in total.